The van der Waals surface area contributed by atoms with Crippen molar-refractivity contribution in [2.24, 2.45) is 0 Å². The van der Waals surface area contributed by atoms with E-state index in [1.807, 2.05) is 6.92 Å². The van der Waals surface area contributed by atoms with Gasteiger partial charge in [-0.3, -0.25) is 0 Å². The number of rotatable bonds is 2. The topological polar surface area (TPSA) is 24.9 Å². The minimum absolute atomic E-state index is 0.241. The molecule has 1 aromatic heterocycles. The minimum Gasteiger partial charge on any atom is -0.384 e. The Morgan fingerprint density at radius 2 is 2.11 bits per heavy atom. The summed E-state index contributed by atoms with van der Waals surface area (Å²) in [4.78, 5) is 4.39. The molecular weight excluding hydrogens is 314 g/mol. The fourth-order valence-electron chi connectivity index (χ4n) is 2.70. The maximum atomic E-state index is 14.0. The van der Waals surface area contributed by atoms with Crippen molar-refractivity contribution in [3.8, 4) is 0 Å². The van der Waals surface area contributed by atoms with E-state index < -0.39 is 11.6 Å². The zero-order valence-electron chi connectivity index (χ0n) is 10.5. The van der Waals surface area contributed by atoms with Crippen LogP contribution in [0.25, 0.3) is 10.9 Å². The number of benzene rings is 1. The molecule has 0 spiro atoms. The number of fused-ring (bicyclic) bond motifs is 2. The van der Waals surface area contributed by atoms with Crippen LogP contribution in [0.4, 0.5) is 14.5 Å². The second-order valence-corrected chi connectivity index (χ2v) is 5.47. The van der Waals surface area contributed by atoms with E-state index in [0.717, 1.165) is 42.3 Å². The average molecular weight is 327 g/mol. The molecule has 0 atom stereocenters. The van der Waals surface area contributed by atoms with Crippen LogP contribution in [0.2, 0.25) is 0 Å². The highest BCUT2D eigenvalue weighted by Crippen LogP contribution is 2.39. The second-order valence-electron chi connectivity index (χ2n) is 4.67. The highest BCUT2D eigenvalue weighted by molar-refractivity contribution is 9.10. The Balaban J connectivity index is 2.45. The number of hydrogen-bond acceptors (Lipinski definition) is 2. The first-order chi connectivity index (χ1) is 9.13. The Morgan fingerprint density at radius 1 is 1.32 bits per heavy atom. The summed E-state index contributed by atoms with van der Waals surface area (Å²) in [6.07, 6.45) is 2.78. The van der Waals surface area contributed by atoms with Crippen LogP contribution in [0.5, 0.6) is 0 Å². The van der Waals surface area contributed by atoms with Crippen LogP contribution in [-0.2, 0) is 12.8 Å². The van der Waals surface area contributed by atoms with E-state index in [0.29, 0.717) is 11.9 Å². The molecule has 1 aromatic carbocycles. The predicted octanol–water partition coefficient (Wildman–Crippen LogP) is 4.20. The lowest BCUT2D eigenvalue weighted by molar-refractivity contribution is 0.586. The number of anilines is 1. The molecular formula is C14H13BrF2N2. The smallest absolute Gasteiger partial charge is 0.152 e. The number of halogens is 3. The molecule has 5 heteroatoms. The first-order valence-electron chi connectivity index (χ1n) is 6.36. The van der Waals surface area contributed by atoms with Crippen LogP contribution >= 0.6 is 15.9 Å². The van der Waals surface area contributed by atoms with Gasteiger partial charge in [-0.15, -0.1) is 0 Å². The molecule has 0 fully saturated rings. The summed E-state index contributed by atoms with van der Waals surface area (Å²) in [5.74, 6) is -1.20. The van der Waals surface area contributed by atoms with E-state index >= 15 is 0 Å². The van der Waals surface area contributed by atoms with Crippen LogP contribution in [0.15, 0.2) is 10.5 Å². The monoisotopic (exact) mass is 326 g/mol. The van der Waals surface area contributed by atoms with Gasteiger partial charge in [0, 0.05) is 29.4 Å². The number of aromatic nitrogens is 1. The first-order valence-corrected chi connectivity index (χ1v) is 7.15. The predicted molar refractivity (Wildman–Crippen MR) is 75.5 cm³/mol. The molecule has 3 rings (SSSR count). The summed E-state index contributed by atoms with van der Waals surface area (Å²) in [5, 5.41) is 3.76. The van der Waals surface area contributed by atoms with Crippen LogP contribution in [-0.4, -0.2) is 11.5 Å². The van der Waals surface area contributed by atoms with Crippen LogP contribution in [0.3, 0.4) is 0 Å². The number of nitrogens with zero attached hydrogens (tertiary/aromatic N) is 1. The SMILES string of the molecule is CCNc1c2c(nc3c(F)cc(F)c(Br)c13)CCC2. The molecule has 2 aromatic rings. The first kappa shape index (κ1) is 12.8. The standard InChI is InChI=1S/C14H13BrF2N2/c1-2-18-13-7-4-3-5-10(7)19-14-9(17)6-8(16)12(15)11(13)14/h6H,2-5H2,1H3,(H,18,19). The van der Waals surface area contributed by atoms with Gasteiger partial charge < -0.3 is 5.32 Å². The van der Waals surface area contributed by atoms with Gasteiger partial charge in [-0.1, -0.05) is 0 Å². The lowest BCUT2D eigenvalue weighted by Crippen LogP contribution is -2.05. The summed E-state index contributed by atoms with van der Waals surface area (Å²) >= 11 is 3.22. The molecule has 0 saturated carbocycles. The van der Waals surface area contributed by atoms with Gasteiger partial charge in [-0.2, -0.15) is 0 Å². The Kier molecular flexibility index (Phi) is 3.17. The Hall–Kier alpha value is -1.23. The molecule has 0 amide bonds. The zero-order chi connectivity index (χ0) is 13.6. The molecule has 0 unspecified atom stereocenters. The van der Waals surface area contributed by atoms with E-state index in [1.54, 1.807) is 0 Å². The molecule has 0 radical (unpaired) electrons. The molecule has 0 aliphatic heterocycles. The molecule has 0 saturated heterocycles. The van der Waals surface area contributed by atoms with Gasteiger partial charge in [0.15, 0.2) is 5.82 Å². The zero-order valence-corrected chi connectivity index (χ0v) is 12.1. The maximum absolute atomic E-state index is 14.0. The molecule has 2 nitrogen and oxygen atoms in total. The molecule has 1 aliphatic carbocycles. The fourth-order valence-corrected chi connectivity index (χ4v) is 3.20. The largest absolute Gasteiger partial charge is 0.384 e. The van der Waals surface area contributed by atoms with E-state index in [4.69, 9.17) is 0 Å². The lowest BCUT2D eigenvalue weighted by atomic mass is 10.1. The van der Waals surface area contributed by atoms with Crippen LogP contribution in [0.1, 0.15) is 24.6 Å². The maximum Gasteiger partial charge on any atom is 0.152 e. The summed E-state index contributed by atoms with van der Waals surface area (Å²) < 4.78 is 28.0. The molecule has 0 bridgehead atoms. The molecule has 19 heavy (non-hydrogen) atoms. The Morgan fingerprint density at radius 3 is 2.84 bits per heavy atom. The molecule has 1 aliphatic rings. The van der Waals surface area contributed by atoms with Gasteiger partial charge in [0.05, 0.1) is 4.47 Å². The van der Waals surface area contributed by atoms with Gasteiger partial charge in [0.2, 0.25) is 0 Å². The van der Waals surface area contributed by atoms with Gasteiger partial charge >= 0.3 is 0 Å². The third-order valence-corrected chi connectivity index (χ3v) is 4.26. The van der Waals surface area contributed by atoms with Crippen molar-refractivity contribution >= 4 is 32.5 Å². The molecule has 100 valence electrons. The van der Waals surface area contributed by atoms with Crippen molar-refractivity contribution in [1.29, 1.82) is 0 Å². The highest BCUT2D eigenvalue weighted by atomic mass is 79.9. The third kappa shape index (κ3) is 1.91. The normalized spacial score (nSPS) is 13.9. The van der Waals surface area contributed by atoms with Crippen molar-refractivity contribution in [2.75, 3.05) is 11.9 Å². The van der Waals surface area contributed by atoms with E-state index in [-0.39, 0.29) is 9.99 Å². The van der Waals surface area contributed by atoms with Gasteiger partial charge in [-0.25, -0.2) is 13.8 Å². The van der Waals surface area contributed by atoms with Crippen molar-refractivity contribution in [2.45, 2.75) is 26.2 Å². The highest BCUT2D eigenvalue weighted by Gasteiger charge is 2.23. The number of pyridine rings is 1. The van der Waals surface area contributed by atoms with Crippen LogP contribution in [0, 0.1) is 11.6 Å². The van der Waals surface area contributed by atoms with Crippen molar-refractivity contribution in [3.05, 3.63) is 33.4 Å². The molecule has 1 N–H and O–H groups in total. The van der Waals surface area contributed by atoms with E-state index in [2.05, 4.69) is 26.2 Å². The third-order valence-electron chi connectivity index (χ3n) is 3.49. The lowest BCUT2D eigenvalue weighted by Gasteiger charge is -2.15. The average Bonchev–Trinajstić information content (AvgIpc) is 2.84. The van der Waals surface area contributed by atoms with E-state index in [1.165, 1.54) is 0 Å². The van der Waals surface area contributed by atoms with Crippen molar-refractivity contribution in [1.82, 2.24) is 4.98 Å². The van der Waals surface area contributed by atoms with Crippen molar-refractivity contribution in [3.63, 3.8) is 0 Å². The van der Waals surface area contributed by atoms with E-state index in [9.17, 15) is 8.78 Å². The fraction of sp³-hybridized carbons (Fsp3) is 0.357. The number of hydrogen-bond donors (Lipinski definition) is 1. The summed E-state index contributed by atoms with van der Waals surface area (Å²) in [6, 6.07) is 0.885. The quantitative estimate of drug-likeness (QED) is 0.837. The van der Waals surface area contributed by atoms with Gasteiger partial charge in [0.25, 0.3) is 0 Å². The van der Waals surface area contributed by atoms with Crippen LogP contribution < -0.4 is 5.32 Å². The van der Waals surface area contributed by atoms with Crippen molar-refractivity contribution < 1.29 is 8.78 Å². The summed E-state index contributed by atoms with van der Waals surface area (Å²) in [6.45, 7) is 2.67. The Labute approximate surface area is 118 Å². The summed E-state index contributed by atoms with van der Waals surface area (Å²) in [5.41, 5.74) is 3.09. The minimum atomic E-state index is -0.607. The number of nitrogens with one attached hydrogen (secondary N) is 1. The number of aryl methyl sites for hydroxylation is 1. The summed E-state index contributed by atoms with van der Waals surface area (Å²) in [7, 11) is 0. The molecule has 1 heterocycles. The van der Waals surface area contributed by atoms with Gasteiger partial charge in [0.1, 0.15) is 11.3 Å². The second kappa shape index (κ2) is 4.71. The Bertz CT molecular complexity index is 671. The van der Waals surface area contributed by atoms with Gasteiger partial charge in [-0.05, 0) is 47.7 Å².